The topological polar surface area (TPSA) is 86.8 Å². The molecule has 1 unspecified atom stereocenters. The predicted octanol–water partition coefficient (Wildman–Crippen LogP) is 6.69. The second kappa shape index (κ2) is 14.4. The van der Waals surface area contributed by atoms with Gasteiger partial charge in [0.15, 0.2) is 0 Å². The zero-order valence-electron chi connectivity index (χ0n) is 24.9. The van der Waals surface area contributed by atoms with Crippen LogP contribution >= 0.6 is 23.2 Å². The molecule has 0 radical (unpaired) electrons. The lowest BCUT2D eigenvalue weighted by Crippen LogP contribution is -2.52. The SMILES string of the molecule is CCC(C(=O)NCC(C)C)N(Cc1c(Cl)cccc1Cl)C(=O)CN(c1cc(C)cc(C)c1)S(=O)(=O)c1ccc(C)cc1. The third-order valence-electron chi connectivity index (χ3n) is 6.84. The fourth-order valence-corrected chi connectivity index (χ4v) is 6.57. The Kier molecular flexibility index (Phi) is 11.5. The van der Waals surface area contributed by atoms with Crippen molar-refractivity contribution in [1.82, 2.24) is 10.2 Å². The lowest BCUT2D eigenvalue weighted by molar-refractivity contribution is -0.140. The summed E-state index contributed by atoms with van der Waals surface area (Å²) >= 11 is 13.0. The van der Waals surface area contributed by atoms with E-state index >= 15 is 0 Å². The van der Waals surface area contributed by atoms with Gasteiger partial charge in [0.25, 0.3) is 10.0 Å². The Morgan fingerprint density at radius 2 is 1.45 bits per heavy atom. The summed E-state index contributed by atoms with van der Waals surface area (Å²) in [4.78, 5) is 29.1. The van der Waals surface area contributed by atoms with E-state index in [4.69, 9.17) is 23.2 Å². The van der Waals surface area contributed by atoms with Gasteiger partial charge in [-0.15, -0.1) is 0 Å². The minimum Gasteiger partial charge on any atom is -0.354 e. The molecule has 0 saturated carbocycles. The first-order chi connectivity index (χ1) is 19.7. The maximum atomic E-state index is 14.3. The van der Waals surface area contributed by atoms with E-state index in [9.17, 15) is 18.0 Å². The van der Waals surface area contributed by atoms with Gasteiger partial charge in [-0.25, -0.2) is 8.42 Å². The molecule has 0 aliphatic rings. The smallest absolute Gasteiger partial charge is 0.264 e. The molecule has 7 nitrogen and oxygen atoms in total. The van der Waals surface area contributed by atoms with E-state index in [0.29, 0.717) is 34.3 Å². The number of aryl methyl sites for hydroxylation is 3. The molecule has 1 atom stereocenters. The Bertz CT molecular complexity index is 1480. The lowest BCUT2D eigenvalue weighted by atomic mass is 10.1. The summed E-state index contributed by atoms with van der Waals surface area (Å²) in [6, 6.07) is 16.0. The molecule has 0 heterocycles. The van der Waals surface area contributed by atoms with Crippen molar-refractivity contribution in [3.05, 3.63) is 93.0 Å². The molecule has 3 aromatic rings. The molecule has 0 bridgehead atoms. The van der Waals surface area contributed by atoms with Gasteiger partial charge in [-0.2, -0.15) is 0 Å². The highest BCUT2D eigenvalue weighted by molar-refractivity contribution is 7.92. The number of rotatable bonds is 12. The molecule has 42 heavy (non-hydrogen) atoms. The van der Waals surface area contributed by atoms with Crippen molar-refractivity contribution in [1.29, 1.82) is 0 Å². The van der Waals surface area contributed by atoms with Gasteiger partial charge in [0.2, 0.25) is 11.8 Å². The third kappa shape index (κ3) is 8.27. The Hall–Kier alpha value is -3.07. The van der Waals surface area contributed by atoms with Crippen molar-refractivity contribution in [2.24, 2.45) is 5.92 Å². The van der Waals surface area contributed by atoms with E-state index < -0.39 is 28.5 Å². The number of carbonyl (C=O) groups is 2. The van der Waals surface area contributed by atoms with Crippen molar-refractivity contribution in [2.75, 3.05) is 17.4 Å². The summed E-state index contributed by atoms with van der Waals surface area (Å²) in [7, 11) is -4.16. The Labute approximate surface area is 259 Å². The summed E-state index contributed by atoms with van der Waals surface area (Å²) in [5.41, 5.74) is 3.43. The second-order valence-electron chi connectivity index (χ2n) is 11.0. The van der Waals surface area contributed by atoms with Crippen molar-refractivity contribution >= 4 is 50.7 Å². The fraction of sp³-hybridized carbons (Fsp3) is 0.375. The number of amides is 2. The van der Waals surface area contributed by atoms with Crippen LogP contribution < -0.4 is 9.62 Å². The number of hydrogen-bond donors (Lipinski definition) is 1. The molecule has 3 aromatic carbocycles. The van der Waals surface area contributed by atoms with Crippen LogP contribution in [0.2, 0.25) is 10.0 Å². The van der Waals surface area contributed by atoms with Crippen LogP contribution in [0.15, 0.2) is 65.6 Å². The highest BCUT2D eigenvalue weighted by Gasteiger charge is 2.34. The van der Waals surface area contributed by atoms with Gasteiger partial charge in [0.05, 0.1) is 10.6 Å². The number of carbonyl (C=O) groups excluding carboxylic acids is 2. The monoisotopic (exact) mass is 631 g/mol. The minimum atomic E-state index is -4.16. The summed E-state index contributed by atoms with van der Waals surface area (Å²) in [6.07, 6.45) is 0.298. The number of benzene rings is 3. The number of anilines is 1. The number of nitrogens with one attached hydrogen (secondary N) is 1. The zero-order valence-corrected chi connectivity index (χ0v) is 27.3. The molecular formula is C32H39Cl2N3O4S. The molecule has 3 rings (SSSR count). The van der Waals surface area contributed by atoms with Gasteiger partial charge < -0.3 is 10.2 Å². The standard InChI is InChI=1S/C32H39Cl2N3O4S/c1-7-30(32(39)35-18-21(2)3)36(19-27-28(33)9-8-10-29(27)34)31(38)20-37(25-16-23(5)15-24(6)17-25)42(40,41)26-13-11-22(4)12-14-26/h8-17,21,30H,7,18-20H2,1-6H3,(H,35,39). The maximum Gasteiger partial charge on any atom is 0.264 e. The molecule has 10 heteroatoms. The lowest BCUT2D eigenvalue weighted by Gasteiger charge is -2.34. The first kappa shape index (κ1) is 33.4. The number of hydrogen-bond acceptors (Lipinski definition) is 4. The Balaban J connectivity index is 2.12. The first-order valence-electron chi connectivity index (χ1n) is 13.9. The molecule has 0 aliphatic carbocycles. The van der Waals surface area contributed by atoms with Crippen LogP contribution in [0.3, 0.4) is 0 Å². The summed E-state index contributed by atoms with van der Waals surface area (Å²) in [5.74, 6) is -0.692. The van der Waals surface area contributed by atoms with Crippen LogP contribution in [0.4, 0.5) is 5.69 Å². The van der Waals surface area contributed by atoms with Crippen molar-refractivity contribution < 1.29 is 18.0 Å². The van der Waals surface area contributed by atoms with Gasteiger partial charge in [-0.3, -0.25) is 13.9 Å². The number of sulfonamides is 1. The van der Waals surface area contributed by atoms with Crippen molar-refractivity contribution in [3.63, 3.8) is 0 Å². The van der Waals surface area contributed by atoms with E-state index in [1.807, 2.05) is 40.7 Å². The van der Waals surface area contributed by atoms with E-state index in [1.54, 1.807) is 49.4 Å². The first-order valence-corrected chi connectivity index (χ1v) is 16.1. The molecule has 0 aromatic heterocycles. The van der Waals surface area contributed by atoms with Gasteiger partial charge in [0, 0.05) is 28.7 Å². The average molecular weight is 633 g/mol. The third-order valence-corrected chi connectivity index (χ3v) is 9.34. The largest absolute Gasteiger partial charge is 0.354 e. The molecule has 0 spiro atoms. The van der Waals surface area contributed by atoms with E-state index in [0.717, 1.165) is 21.0 Å². The molecule has 226 valence electrons. The fourth-order valence-electron chi connectivity index (χ4n) is 4.66. The molecule has 1 N–H and O–H groups in total. The van der Waals surface area contributed by atoms with Crippen molar-refractivity contribution in [3.8, 4) is 0 Å². The summed E-state index contributed by atoms with van der Waals surface area (Å²) in [5, 5.41) is 3.60. The van der Waals surface area contributed by atoms with Gasteiger partial charge >= 0.3 is 0 Å². The highest BCUT2D eigenvalue weighted by atomic mass is 35.5. The quantitative estimate of drug-likeness (QED) is 0.241. The summed E-state index contributed by atoms with van der Waals surface area (Å²) < 4.78 is 29.3. The minimum absolute atomic E-state index is 0.0578. The van der Waals surface area contributed by atoms with Gasteiger partial charge in [-0.05, 0) is 80.6 Å². The molecule has 0 fully saturated rings. The Morgan fingerprint density at radius 3 is 1.98 bits per heavy atom. The predicted molar refractivity (Wildman–Crippen MR) is 171 cm³/mol. The molecule has 0 saturated heterocycles. The Morgan fingerprint density at radius 1 is 0.881 bits per heavy atom. The van der Waals surface area contributed by atoms with Gasteiger partial charge in [0.1, 0.15) is 12.6 Å². The van der Waals surface area contributed by atoms with Gasteiger partial charge in [-0.1, -0.05) is 73.8 Å². The van der Waals surface area contributed by atoms with Crippen molar-refractivity contribution in [2.45, 2.75) is 65.4 Å². The van der Waals surface area contributed by atoms with E-state index in [2.05, 4.69) is 5.32 Å². The van der Waals surface area contributed by atoms with Crippen LogP contribution in [0.1, 0.15) is 49.4 Å². The highest BCUT2D eigenvalue weighted by Crippen LogP contribution is 2.29. The van der Waals surface area contributed by atoms with Crippen LogP contribution in [0, 0.1) is 26.7 Å². The van der Waals surface area contributed by atoms with E-state index in [-0.39, 0.29) is 23.3 Å². The van der Waals surface area contributed by atoms with Crippen LogP contribution in [0.25, 0.3) is 0 Å². The number of halogens is 2. The van der Waals surface area contributed by atoms with Crippen LogP contribution in [-0.2, 0) is 26.2 Å². The second-order valence-corrected chi connectivity index (χ2v) is 13.6. The average Bonchev–Trinajstić information content (AvgIpc) is 2.91. The summed E-state index contributed by atoms with van der Waals surface area (Å²) in [6.45, 7) is 11.2. The molecule has 0 aliphatic heterocycles. The molecule has 2 amide bonds. The normalized spacial score (nSPS) is 12.2. The molecular weight excluding hydrogens is 593 g/mol. The zero-order chi connectivity index (χ0) is 31.2. The number of nitrogens with zero attached hydrogens (tertiary/aromatic N) is 2. The van der Waals surface area contributed by atoms with Crippen LogP contribution in [-0.4, -0.2) is 44.3 Å². The maximum absolute atomic E-state index is 14.3. The van der Waals surface area contributed by atoms with E-state index in [1.165, 1.54) is 17.0 Å². The van der Waals surface area contributed by atoms with Crippen LogP contribution in [0.5, 0.6) is 0 Å².